The first-order valence-electron chi connectivity index (χ1n) is 9.02. The largest absolute Gasteiger partial charge is 0.336 e. The Balaban J connectivity index is 1.60. The van der Waals surface area contributed by atoms with Crippen molar-refractivity contribution in [3.05, 3.63) is 52.5 Å². The Morgan fingerprint density at radius 2 is 2.00 bits per heavy atom. The van der Waals surface area contributed by atoms with Gasteiger partial charge in [0.05, 0.1) is 10.6 Å². The maximum absolute atomic E-state index is 13.1. The van der Waals surface area contributed by atoms with Crippen LogP contribution in [-0.4, -0.2) is 39.7 Å². The zero-order valence-corrected chi connectivity index (χ0v) is 16.2. The first-order valence-corrected chi connectivity index (χ1v) is 9.83. The smallest absolute Gasteiger partial charge is 0.264 e. The van der Waals surface area contributed by atoms with E-state index in [0.29, 0.717) is 19.0 Å². The second kappa shape index (κ2) is 6.52. The lowest BCUT2D eigenvalue weighted by Gasteiger charge is -2.15. The molecule has 2 N–H and O–H groups in total. The first kappa shape index (κ1) is 17.2. The number of nitrogens with two attached hydrogens (primary N) is 1. The van der Waals surface area contributed by atoms with Crippen LogP contribution in [0.4, 0.5) is 0 Å². The number of hydrogen-bond acceptors (Lipinski definition) is 4. The van der Waals surface area contributed by atoms with Crippen molar-refractivity contribution in [3.63, 3.8) is 0 Å². The van der Waals surface area contributed by atoms with E-state index in [2.05, 4.69) is 31.1 Å². The second-order valence-electron chi connectivity index (χ2n) is 7.38. The molecular weight excluding hydrogens is 344 g/mol. The summed E-state index contributed by atoms with van der Waals surface area (Å²) in [5, 5.41) is 5.69. The van der Waals surface area contributed by atoms with Crippen LogP contribution in [0.25, 0.3) is 10.2 Å². The molecule has 6 heteroatoms. The van der Waals surface area contributed by atoms with E-state index in [1.165, 1.54) is 16.9 Å². The molecule has 1 fully saturated rings. The van der Waals surface area contributed by atoms with Gasteiger partial charge < -0.3 is 10.6 Å². The molecule has 0 spiro atoms. The van der Waals surface area contributed by atoms with E-state index in [1.54, 1.807) is 0 Å². The molecule has 1 aromatic carbocycles. The topological polar surface area (TPSA) is 64.2 Å². The van der Waals surface area contributed by atoms with Gasteiger partial charge in [-0.05, 0) is 17.5 Å². The van der Waals surface area contributed by atoms with Gasteiger partial charge in [-0.2, -0.15) is 5.10 Å². The van der Waals surface area contributed by atoms with Gasteiger partial charge in [-0.15, -0.1) is 11.3 Å². The van der Waals surface area contributed by atoms with Crippen molar-refractivity contribution < 1.29 is 4.79 Å². The number of carbonyl (C=O) groups excluding carboxylic acids is 1. The van der Waals surface area contributed by atoms with Crippen molar-refractivity contribution in [1.29, 1.82) is 0 Å². The number of fused-ring (bicyclic) bond motifs is 1. The number of carbonyl (C=O) groups is 1. The third kappa shape index (κ3) is 2.83. The Hall–Kier alpha value is -2.18. The van der Waals surface area contributed by atoms with Crippen LogP contribution in [0.5, 0.6) is 0 Å². The first-order chi connectivity index (χ1) is 12.5. The van der Waals surface area contributed by atoms with Gasteiger partial charge in [0.2, 0.25) is 0 Å². The minimum Gasteiger partial charge on any atom is -0.336 e. The summed E-state index contributed by atoms with van der Waals surface area (Å²) in [5.74, 6) is 0.608. The van der Waals surface area contributed by atoms with Gasteiger partial charge in [-0.25, -0.2) is 0 Å². The summed E-state index contributed by atoms with van der Waals surface area (Å²) in [6, 6.07) is 12.2. The summed E-state index contributed by atoms with van der Waals surface area (Å²) in [5.41, 5.74) is 8.62. The third-order valence-corrected chi connectivity index (χ3v) is 6.37. The zero-order chi connectivity index (χ0) is 18.4. The maximum atomic E-state index is 13.1. The number of rotatable bonds is 3. The highest BCUT2D eigenvalue weighted by Gasteiger charge is 2.35. The predicted octanol–water partition coefficient (Wildman–Crippen LogP) is 3.33. The van der Waals surface area contributed by atoms with Crippen molar-refractivity contribution in [1.82, 2.24) is 14.7 Å². The summed E-state index contributed by atoms with van der Waals surface area (Å²) >= 11 is 1.52. The molecule has 4 rings (SSSR count). The highest BCUT2D eigenvalue weighted by atomic mass is 32.1. The van der Waals surface area contributed by atoms with Crippen LogP contribution in [0, 0.1) is 0 Å². The van der Waals surface area contributed by atoms with E-state index in [4.69, 9.17) is 5.73 Å². The minimum atomic E-state index is -0.0244. The fourth-order valence-corrected chi connectivity index (χ4v) is 4.85. The Morgan fingerprint density at radius 3 is 2.69 bits per heavy atom. The van der Waals surface area contributed by atoms with Gasteiger partial charge in [0, 0.05) is 37.5 Å². The molecule has 3 aromatic rings. The lowest BCUT2D eigenvalue weighted by atomic mass is 9.95. The number of nitrogens with zero attached hydrogens (tertiary/aromatic N) is 3. The molecule has 5 nitrogen and oxygen atoms in total. The van der Waals surface area contributed by atoms with Crippen molar-refractivity contribution in [2.24, 2.45) is 12.8 Å². The van der Waals surface area contributed by atoms with E-state index < -0.39 is 0 Å². The van der Waals surface area contributed by atoms with E-state index >= 15 is 0 Å². The molecule has 0 unspecified atom stereocenters. The standard InChI is InChI=1S/C20H24N4OS/c1-12(2)18-14-9-17(26-20(14)23(3)22-18)19(25)24-10-15(16(21)11-24)13-7-5-4-6-8-13/h4-9,12,15-16H,10-11,21H2,1-3H3/t15-,16+/m0/s1. The molecule has 1 saturated heterocycles. The normalized spacial score (nSPS) is 20.4. The van der Waals surface area contributed by atoms with E-state index in [9.17, 15) is 4.79 Å². The molecule has 26 heavy (non-hydrogen) atoms. The summed E-state index contributed by atoms with van der Waals surface area (Å²) in [6.45, 7) is 5.53. The van der Waals surface area contributed by atoms with Crippen LogP contribution in [-0.2, 0) is 7.05 Å². The minimum absolute atomic E-state index is 0.0244. The number of thiophene rings is 1. The van der Waals surface area contributed by atoms with Crippen molar-refractivity contribution in [2.45, 2.75) is 31.7 Å². The van der Waals surface area contributed by atoms with Gasteiger partial charge in [-0.1, -0.05) is 44.2 Å². The average molecular weight is 369 g/mol. The van der Waals surface area contributed by atoms with Crippen LogP contribution in [0.1, 0.15) is 46.6 Å². The van der Waals surface area contributed by atoms with Gasteiger partial charge in [-0.3, -0.25) is 9.48 Å². The molecule has 0 radical (unpaired) electrons. The van der Waals surface area contributed by atoms with Crippen molar-refractivity contribution in [2.75, 3.05) is 13.1 Å². The number of aryl methyl sites for hydroxylation is 1. The van der Waals surface area contributed by atoms with E-state index in [0.717, 1.165) is 20.8 Å². The molecular formula is C20H24N4OS. The van der Waals surface area contributed by atoms with Crippen molar-refractivity contribution >= 4 is 27.5 Å². The van der Waals surface area contributed by atoms with E-state index in [-0.39, 0.29) is 17.9 Å². The molecule has 0 aliphatic carbocycles. The summed E-state index contributed by atoms with van der Waals surface area (Å²) in [7, 11) is 1.94. The van der Waals surface area contributed by atoms with Gasteiger partial charge in [0.1, 0.15) is 4.83 Å². The Labute approximate surface area is 157 Å². The SMILES string of the molecule is CC(C)c1nn(C)c2sc(C(=O)N3C[C@@H](N)[C@H](c4ccccc4)C3)cc12. The molecule has 3 heterocycles. The summed E-state index contributed by atoms with van der Waals surface area (Å²) in [4.78, 5) is 16.8. The Morgan fingerprint density at radius 1 is 1.27 bits per heavy atom. The van der Waals surface area contributed by atoms with Crippen LogP contribution in [0.2, 0.25) is 0 Å². The quantitative estimate of drug-likeness (QED) is 0.771. The monoisotopic (exact) mass is 368 g/mol. The van der Waals surface area contributed by atoms with Gasteiger partial charge >= 0.3 is 0 Å². The average Bonchev–Trinajstić information content (AvgIpc) is 3.30. The summed E-state index contributed by atoms with van der Waals surface area (Å²) < 4.78 is 1.88. The third-order valence-electron chi connectivity index (χ3n) is 5.18. The maximum Gasteiger partial charge on any atom is 0.264 e. The number of benzene rings is 1. The van der Waals surface area contributed by atoms with Gasteiger partial charge in [0.15, 0.2) is 0 Å². The lowest BCUT2D eigenvalue weighted by molar-refractivity contribution is 0.0794. The van der Waals surface area contributed by atoms with Crippen LogP contribution >= 0.6 is 11.3 Å². The lowest BCUT2D eigenvalue weighted by Crippen LogP contribution is -2.31. The second-order valence-corrected chi connectivity index (χ2v) is 8.41. The van der Waals surface area contributed by atoms with Crippen molar-refractivity contribution in [3.8, 4) is 0 Å². The Kier molecular flexibility index (Phi) is 4.32. The van der Waals surface area contributed by atoms with Crippen LogP contribution in [0.15, 0.2) is 36.4 Å². The molecule has 0 saturated carbocycles. The number of amides is 1. The molecule has 0 bridgehead atoms. The fraction of sp³-hybridized carbons (Fsp3) is 0.400. The van der Waals surface area contributed by atoms with E-state index in [1.807, 2.05) is 40.9 Å². The van der Waals surface area contributed by atoms with Crippen LogP contribution in [0.3, 0.4) is 0 Å². The molecule has 1 aliphatic rings. The number of aromatic nitrogens is 2. The highest BCUT2D eigenvalue weighted by molar-refractivity contribution is 7.20. The Bertz CT molecular complexity index is 944. The van der Waals surface area contributed by atoms with Gasteiger partial charge in [0.25, 0.3) is 5.91 Å². The molecule has 2 atom stereocenters. The molecule has 1 aliphatic heterocycles. The molecule has 136 valence electrons. The summed E-state index contributed by atoms with van der Waals surface area (Å²) in [6.07, 6.45) is 0. The fourth-order valence-electron chi connectivity index (χ4n) is 3.80. The number of hydrogen-bond donors (Lipinski definition) is 1. The highest BCUT2D eigenvalue weighted by Crippen LogP contribution is 2.34. The zero-order valence-electron chi connectivity index (χ0n) is 15.3. The van der Waals surface area contributed by atoms with Crippen LogP contribution < -0.4 is 5.73 Å². The predicted molar refractivity (Wildman–Crippen MR) is 106 cm³/mol. The molecule has 2 aromatic heterocycles. The molecule has 1 amide bonds. The number of likely N-dealkylation sites (tertiary alicyclic amines) is 1.